The van der Waals surface area contributed by atoms with E-state index in [1.807, 2.05) is 6.07 Å². The summed E-state index contributed by atoms with van der Waals surface area (Å²) < 4.78 is 6.99. The van der Waals surface area contributed by atoms with Gasteiger partial charge in [0.1, 0.15) is 0 Å². The molecule has 1 aliphatic heterocycles. The first kappa shape index (κ1) is 11.1. The van der Waals surface area contributed by atoms with E-state index in [2.05, 4.69) is 46.4 Å². The number of morpholine rings is 1. The smallest absolute Gasteiger partial charge is 0.0960 e. The highest BCUT2D eigenvalue weighted by Crippen LogP contribution is 2.27. The Balaban J connectivity index is 2.04. The van der Waals surface area contributed by atoms with Crippen LogP contribution in [0.2, 0.25) is 0 Å². The maximum atomic E-state index is 5.86. The molecule has 0 aliphatic carbocycles. The minimum atomic E-state index is 0.184. The minimum absolute atomic E-state index is 0.184. The molecule has 82 valence electrons. The maximum absolute atomic E-state index is 5.86. The highest BCUT2D eigenvalue weighted by Gasteiger charge is 2.22. The Morgan fingerprint density at radius 1 is 1.47 bits per heavy atom. The first-order valence-corrected chi connectivity index (χ1v) is 6.20. The van der Waals surface area contributed by atoms with Gasteiger partial charge in [0, 0.05) is 17.1 Å². The van der Waals surface area contributed by atoms with Gasteiger partial charge in [-0.3, -0.25) is 0 Å². The molecule has 0 spiro atoms. The lowest BCUT2D eigenvalue weighted by molar-refractivity contribution is 0.00185. The molecule has 2 nitrogen and oxygen atoms in total. The van der Waals surface area contributed by atoms with E-state index in [1.165, 1.54) is 5.56 Å². The van der Waals surface area contributed by atoms with E-state index in [-0.39, 0.29) is 6.10 Å². The largest absolute Gasteiger partial charge is 0.371 e. The number of benzene rings is 1. The summed E-state index contributed by atoms with van der Waals surface area (Å²) in [6, 6.07) is 8.77. The van der Waals surface area contributed by atoms with Gasteiger partial charge in [-0.15, -0.1) is 0 Å². The summed E-state index contributed by atoms with van der Waals surface area (Å²) in [6.07, 6.45) is 1.31. The van der Waals surface area contributed by atoms with Crippen molar-refractivity contribution in [2.45, 2.75) is 25.5 Å². The van der Waals surface area contributed by atoms with Gasteiger partial charge < -0.3 is 10.1 Å². The fourth-order valence-electron chi connectivity index (χ4n) is 1.82. The van der Waals surface area contributed by atoms with E-state index in [0.717, 1.165) is 24.0 Å². The van der Waals surface area contributed by atoms with Crippen LogP contribution in [0.1, 0.15) is 25.0 Å². The average Bonchev–Trinajstić information content (AvgIpc) is 2.30. The topological polar surface area (TPSA) is 21.3 Å². The number of hydrogen-bond donors (Lipinski definition) is 1. The number of nitrogens with one attached hydrogen (secondary N) is 1. The normalized spacial score (nSPS) is 26.5. The van der Waals surface area contributed by atoms with Crippen LogP contribution in [0.3, 0.4) is 0 Å². The molecule has 1 aliphatic rings. The molecule has 2 rings (SSSR count). The van der Waals surface area contributed by atoms with Crippen molar-refractivity contribution >= 4 is 15.9 Å². The van der Waals surface area contributed by atoms with E-state index in [9.17, 15) is 0 Å². The molecular formula is C12H16BrNO. The van der Waals surface area contributed by atoms with Gasteiger partial charge >= 0.3 is 0 Å². The molecule has 0 bridgehead atoms. The highest BCUT2D eigenvalue weighted by molar-refractivity contribution is 9.10. The summed E-state index contributed by atoms with van der Waals surface area (Å²) in [7, 11) is 0. The number of rotatable bonds is 2. The zero-order valence-corrected chi connectivity index (χ0v) is 10.5. The van der Waals surface area contributed by atoms with Gasteiger partial charge in [0.25, 0.3) is 0 Å². The van der Waals surface area contributed by atoms with Gasteiger partial charge in [-0.25, -0.2) is 0 Å². The van der Waals surface area contributed by atoms with Crippen LogP contribution in [-0.4, -0.2) is 19.2 Å². The molecule has 1 fully saturated rings. The summed E-state index contributed by atoms with van der Waals surface area (Å²) >= 11 is 3.56. The molecule has 1 saturated heterocycles. The molecule has 1 heterocycles. The van der Waals surface area contributed by atoms with Gasteiger partial charge in [-0.2, -0.15) is 0 Å². The number of hydrogen-bond acceptors (Lipinski definition) is 2. The maximum Gasteiger partial charge on any atom is 0.0960 e. The summed E-state index contributed by atoms with van der Waals surface area (Å²) in [5, 5.41) is 3.50. The molecule has 2 unspecified atom stereocenters. The van der Waals surface area contributed by atoms with Crippen molar-refractivity contribution in [2.75, 3.05) is 13.2 Å². The number of halogens is 1. The van der Waals surface area contributed by atoms with Crippen molar-refractivity contribution in [2.24, 2.45) is 0 Å². The lowest BCUT2D eigenvalue weighted by Gasteiger charge is -2.30. The Labute approximate surface area is 99.1 Å². The van der Waals surface area contributed by atoms with Crippen molar-refractivity contribution < 1.29 is 4.74 Å². The predicted octanol–water partition coefficient (Wildman–Crippen LogP) is 2.89. The summed E-state index contributed by atoms with van der Waals surface area (Å²) in [5.74, 6) is 0. The van der Waals surface area contributed by atoms with E-state index in [4.69, 9.17) is 4.74 Å². The molecule has 2 atom stereocenters. The Morgan fingerprint density at radius 3 is 2.87 bits per heavy atom. The van der Waals surface area contributed by atoms with Crippen LogP contribution in [0, 0.1) is 0 Å². The molecule has 1 N–H and O–H groups in total. The molecule has 0 saturated carbocycles. The summed E-state index contributed by atoms with van der Waals surface area (Å²) in [5.41, 5.74) is 1.24. The van der Waals surface area contributed by atoms with E-state index in [1.54, 1.807) is 0 Å². The second kappa shape index (κ2) is 5.10. The Bertz CT molecular complexity index is 321. The standard InChI is InChI=1S/C12H16BrNO/c1-2-9-8-15-12(7-14-9)10-5-3-4-6-11(10)13/h3-6,9,12,14H,2,7-8H2,1H3. The quantitative estimate of drug-likeness (QED) is 0.892. The lowest BCUT2D eigenvalue weighted by Crippen LogP contribution is -2.42. The van der Waals surface area contributed by atoms with Crippen LogP contribution in [0.25, 0.3) is 0 Å². The van der Waals surface area contributed by atoms with Crippen LogP contribution in [0.5, 0.6) is 0 Å². The second-order valence-corrected chi connectivity index (χ2v) is 4.71. The zero-order chi connectivity index (χ0) is 10.7. The van der Waals surface area contributed by atoms with Crippen LogP contribution in [-0.2, 0) is 4.74 Å². The van der Waals surface area contributed by atoms with Gasteiger partial charge in [0.05, 0.1) is 12.7 Å². The van der Waals surface area contributed by atoms with Crippen molar-refractivity contribution in [3.8, 4) is 0 Å². The number of ether oxygens (including phenoxy) is 1. The average molecular weight is 270 g/mol. The van der Waals surface area contributed by atoms with Crippen LogP contribution < -0.4 is 5.32 Å². The fraction of sp³-hybridized carbons (Fsp3) is 0.500. The second-order valence-electron chi connectivity index (χ2n) is 3.86. The summed E-state index contributed by atoms with van der Waals surface area (Å²) in [4.78, 5) is 0. The van der Waals surface area contributed by atoms with Gasteiger partial charge in [0.2, 0.25) is 0 Å². The molecule has 0 aromatic heterocycles. The Kier molecular flexibility index (Phi) is 3.78. The Morgan fingerprint density at radius 2 is 2.27 bits per heavy atom. The summed E-state index contributed by atoms with van der Waals surface area (Å²) in [6.45, 7) is 3.89. The fourth-order valence-corrected chi connectivity index (χ4v) is 2.36. The van der Waals surface area contributed by atoms with Crippen molar-refractivity contribution in [1.29, 1.82) is 0 Å². The molecule has 3 heteroatoms. The molecule has 0 amide bonds. The monoisotopic (exact) mass is 269 g/mol. The lowest BCUT2D eigenvalue weighted by atomic mass is 10.1. The molecule has 15 heavy (non-hydrogen) atoms. The van der Waals surface area contributed by atoms with E-state index < -0.39 is 0 Å². The van der Waals surface area contributed by atoms with Crippen molar-refractivity contribution in [3.05, 3.63) is 34.3 Å². The van der Waals surface area contributed by atoms with Gasteiger partial charge in [0.15, 0.2) is 0 Å². The molecular weight excluding hydrogens is 254 g/mol. The SMILES string of the molecule is CCC1COC(c2ccccc2Br)CN1. The highest BCUT2D eigenvalue weighted by atomic mass is 79.9. The first-order chi connectivity index (χ1) is 7.31. The van der Waals surface area contributed by atoms with E-state index in [0.29, 0.717) is 6.04 Å². The first-order valence-electron chi connectivity index (χ1n) is 5.40. The van der Waals surface area contributed by atoms with Gasteiger partial charge in [-0.05, 0) is 18.1 Å². The Hall–Kier alpha value is -0.380. The predicted molar refractivity (Wildman–Crippen MR) is 64.9 cm³/mol. The van der Waals surface area contributed by atoms with Gasteiger partial charge in [-0.1, -0.05) is 41.1 Å². The third-order valence-corrected chi connectivity index (χ3v) is 3.56. The van der Waals surface area contributed by atoms with Crippen molar-refractivity contribution in [3.63, 3.8) is 0 Å². The van der Waals surface area contributed by atoms with Crippen molar-refractivity contribution in [1.82, 2.24) is 5.32 Å². The van der Waals surface area contributed by atoms with Crippen LogP contribution in [0.15, 0.2) is 28.7 Å². The zero-order valence-electron chi connectivity index (χ0n) is 8.87. The molecule has 1 aromatic carbocycles. The third-order valence-electron chi connectivity index (χ3n) is 2.84. The van der Waals surface area contributed by atoms with Crippen LogP contribution >= 0.6 is 15.9 Å². The van der Waals surface area contributed by atoms with Crippen LogP contribution in [0.4, 0.5) is 0 Å². The molecule has 1 aromatic rings. The third kappa shape index (κ3) is 2.60. The van der Waals surface area contributed by atoms with E-state index >= 15 is 0 Å². The molecule has 0 radical (unpaired) electrons. The minimum Gasteiger partial charge on any atom is -0.371 e.